The number of carbonyl (C=O) groups is 3. The number of phosphoric acid groups is 1. The molecular formula is C58H84ClN2O13P. The third kappa shape index (κ3) is 13.2. The molecule has 1 aliphatic heterocycles. The van der Waals surface area contributed by atoms with Crippen molar-refractivity contribution >= 4 is 25.4 Å². The molecule has 5 aliphatic carbocycles. The average Bonchev–Trinajstić information content (AvgIpc) is 3.87. The first kappa shape index (κ1) is 59.4. The molecule has 1 unspecified atom stereocenters. The van der Waals surface area contributed by atoms with Crippen molar-refractivity contribution in [3.05, 3.63) is 89.0 Å². The van der Waals surface area contributed by atoms with Crippen LogP contribution in [0.25, 0.3) is 0 Å². The number of unbranched alkanes of at least 4 members (excludes halogenated alkanes) is 4. The van der Waals surface area contributed by atoms with Crippen LogP contribution in [0.5, 0.6) is 5.75 Å². The van der Waals surface area contributed by atoms with Crippen molar-refractivity contribution in [1.29, 1.82) is 0 Å². The second kappa shape index (κ2) is 25.2. The summed E-state index contributed by atoms with van der Waals surface area (Å²) in [6, 6.07) is 14.3. The second-order valence-corrected chi connectivity index (χ2v) is 24.6. The third-order valence-corrected chi connectivity index (χ3v) is 18.7. The number of benzene rings is 2. The minimum absolute atomic E-state index is 0. The van der Waals surface area contributed by atoms with Crippen LogP contribution < -0.4 is 22.2 Å². The molecule has 1 saturated heterocycles. The Morgan fingerprint density at radius 2 is 1.68 bits per heavy atom. The molecule has 17 heteroatoms. The predicted octanol–water partition coefficient (Wildman–Crippen LogP) is 5.41. The standard InChI is InChI=1S/C58H83N2O13P.ClH/c1-39(60(4,5)37-43-32-42(23-26-50(43)73-74(66,67)68)49(63)36-59-29-15-6-7-16-30-69-31-17-14-20-40-18-10-8-11-19-40)54(65)70-38-51(64)58-52(71-55(72-58)41-21-12-9-13-22-41)34-47-46-25-24-44-33-45(61)27-28-56(44,2)53(46)48(62)35-57(47,58)3;/h8,10-11,18-19,23,26-28,32-33,39,41,46-49,52-53,55,59,62-63H,6-7,9,12-17,20-22,24-25,29-31,34-38H2,1-5H3,(H-,66,67,68);1H/t39-,46-,47-,48-,49?,52+,53+,55+,56-,57-,58+;/m0./s1. The number of nitrogens with one attached hydrogen (secondary N) is 1. The van der Waals surface area contributed by atoms with E-state index in [-0.39, 0.29) is 77.4 Å². The number of likely N-dealkylation sites (N-methyl/N-ethyl adjacent to an activating group) is 1. The molecule has 0 aromatic heterocycles. The highest BCUT2D eigenvalue weighted by Gasteiger charge is 2.76. The van der Waals surface area contributed by atoms with Gasteiger partial charge in [0.1, 0.15) is 12.3 Å². The summed E-state index contributed by atoms with van der Waals surface area (Å²) in [6.07, 6.45) is 17.1. The van der Waals surface area contributed by atoms with Gasteiger partial charge < -0.3 is 55.9 Å². The molecule has 2 aromatic rings. The van der Waals surface area contributed by atoms with Crippen molar-refractivity contribution in [3.63, 3.8) is 0 Å². The fourth-order valence-electron chi connectivity index (χ4n) is 14.0. The third-order valence-electron chi connectivity index (χ3n) is 18.3. The van der Waals surface area contributed by atoms with E-state index in [0.717, 1.165) is 109 Å². The van der Waals surface area contributed by atoms with Crippen molar-refractivity contribution in [2.24, 2.45) is 34.5 Å². The van der Waals surface area contributed by atoms with Gasteiger partial charge in [-0.2, -0.15) is 0 Å². The number of ketones is 2. The van der Waals surface area contributed by atoms with Crippen LogP contribution in [0.3, 0.4) is 0 Å². The zero-order valence-corrected chi connectivity index (χ0v) is 46.5. The zero-order chi connectivity index (χ0) is 52.9. The Morgan fingerprint density at radius 1 is 0.960 bits per heavy atom. The van der Waals surface area contributed by atoms with E-state index in [1.54, 1.807) is 45.3 Å². The molecular weight excluding hydrogens is 999 g/mol. The van der Waals surface area contributed by atoms with E-state index >= 15 is 4.79 Å². The maximum atomic E-state index is 15.2. The summed E-state index contributed by atoms with van der Waals surface area (Å²) in [6.45, 7) is 7.85. The number of hydrogen-bond acceptors (Lipinski definition) is 12. The van der Waals surface area contributed by atoms with Gasteiger partial charge in [-0.25, -0.2) is 9.36 Å². The Hall–Kier alpha value is -3.31. The number of aliphatic hydroxyl groups excluding tert-OH is 2. The van der Waals surface area contributed by atoms with E-state index in [1.807, 2.05) is 12.1 Å². The molecule has 8 rings (SSSR count). The highest BCUT2D eigenvalue weighted by Crippen LogP contribution is 2.70. The van der Waals surface area contributed by atoms with E-state index in [4.69, 9.17) is 23.5 Å². The molecule has 0 bridgehead atoms. The predicted molar refractivity (Wildman–Crippen MR) is 279 cm³/mol. The Bertz CT molecular complexity index is 2390. The van der Waals surface area contributed by atoms with Crippen molar-refractivity contribution in [2.45, 2.75) is 166 Å². The number of rotatable bonds is 25. The van der Waals surface area contributed by atoms with Gasteiger partial charge in [0.15, 0.2) is 30.3 Å². The maximum absolute atomic E-state index is 15.2. The van der Waals surface area contributed by atoms with Gasteiger partial charge in [0.25, 0.3) is 0 Å². The van der Waals surface area contributed by atoms with Gasteiger partial charge in [0.05, 0.1) is 32.4 Å². The first-order chi connectivity index (χ1) is 35.3. The van der Waals surface area contributed by atoms with Crippen molar-refractivity contribution in [2.75, 3.05) is 47.0 Å². The van der Waals surface area contributed by atoms with Crippen LogP contribution in [0.1, 0.15) is 140 Å². The molecule has 0 amide bonds. The van der Waals surface area contributed by atoms with Crippen molar-refractivity contribution < 1.29 is 79.3 Å². The van der Waals surface area contributed by atoms with Crippen LogP contribution in [0, 0.1) is 34.5 Å². The fraction of sp³-hybridized carbons (Fsp3) is 0.672. The number of fused-ring (bicyclic) bond motifs is 7. The molecule has 416 valence electrons. The van der Waals surface area contributed by atoms with Crippen LogP contribution >= 0.6 is 7.82 Å². The van der Waals surface area contributed by atoms with Crippen molar-refractivity contribution in [1.82, 2.24) is 5.32 Å². The van der Waals surface area contributed by atoms with Gasteiger partial charge in [0.2, 0.25) is 5.78 Å². The minimum atomic E-state index is -4.99. The highest BCUT2D eigenvalue weighted by atomic mass is 35.5. The molecule has 11 atom stereocenters. The highest BCUT2D eigenvalue weighted by molar-refractivity contribution is 7.46. The summed E-state index contributed by atoms with van der Waals surface area (Å²) in [5, 5.41) is 26.8. The Balaban J connectivity index is 0.00000820. The van der Waals surface area contributed by atoms with Crippen molar-refractivity contribution in [3.8, 4) is 5.75 Å². The van der Waals surface area contributed by atoms with E-state index in [9.17, 15) is 34.2 Å². The molecule has 2 aromatic carbocycles. The van der Waals surface area contributed by atoms with Gasteiger partial charge >= 0.3 is 13.8 Å². The Labute approximate surface area is 450 Å². The SMILES string of the molecule is C[C@@H](C(=O)OCC(=O)[C@@]12O[C@H](C3CCCCC3)O[C@@H]1C[C@H]1[C@@H]3CCC4=CC(=O)C=C[C@]4(C)[C@H]3[C@@H](O)C[C@@]12C)[N+](C)(C)Cc1cc(C(O)CNCCCCCCOCCCCc2ccccc2)ccc1OP(=O)(O)O.[Cl-]. The molecule has 6 aliphatic rings. The lowest BCUT2D eigenvalue weighted by Gasteiger charge is -2.59. The van der Waals surface area contributed by atoms with E-state index in [2.05, 4.69) is 43.4 Å². The number of esters is 1. The summed E-state index contributed by atoms with van der Waals surface area (Å²) in [7, 11) is -1.43. The van der Waals surface area contributed by atoms with Gasteiger partial charge in [-0.3, -0.25) is 19.4 Å². The first-order valence-corrected chi connectivity index (χ1v) is 29.2. The molecule has 0 spiro atoms. The second-order valence-electron chi connectivity index (χ2n) is 23.5. The molecule has 5 fully saturated rings. The molecule has 75 heavy (non-hydrogen) atoms. The first-order valence-electron chi connectivity index (χ1n) is 27.6. The number of aliphatic hydroxyl groups is 2. The van der Waals surface area contributed by atoms with Crippen LogP contribution in [0.2, 0.25) is 0 Å². The number of phosphoric ester groups is 1. The number of carbonyl (C=O) groups excluding carboxylic acids is 3. The number of allylic oxidation sites excluding steroid dienone is 4. The minimum Gasteiger partial charge on any atom is -1.00 e. The summed E-state index contributed by atoms with van der Waals surface area (Å²) >= 11 is 0. The lowest BCUT2D eigenvalue weighted by atomic mass is 9.46. The van der Waals surface area contributed by atoms with Gasteiger partial charge in [-0.05, 0) is 131 Å². The summed E-state index contributed by atoms with van der Waals surface area (Å²) in [5.41, 5.74) is 0.495. The van der Waals surface area contributed by atoms with Crippen LogP contribution in [-0.2, 0) is 50.9 Å². The van der Waals surface area contributed by atoms with Gasteiger partial charge in [0, 0.05) is 48.0 Å². The van der Waals surface area contributed by atoms with E-state index in [1.165, 1.54) is 11.6 Å². The summed E-state index contributed by atoms with van der Waals surface area (Å²) in [4.78, 5) is 61.5. The largest absolute Gasteiger partial charge is 1.00 e. The number of ether oxygens (including phenoxy) is 4. The molecule has 1 heterocycles. The number of hydrogen-bond donors (Lipinski definition) is 5. The quantitative estimate of drug-likeness (QED) is 0.0365. The smallest absolute Gasteiger partial charge is 0.524 e. The van der Waals surface area contributed by atoms with E-state index < -0.39 is 67.5 Å². The van der Waals surface area contributed by atoms with Crippen LogP contribution in [-0.4, -0.2) is 119 Å². The lowest BCUT2D eigenvalue weighted by Crippen LogP contribution is -3.00. The summed E-state index contributed by atoms with van der Waals surface area (Å²) < 4.78 is 42.9. The van der Waals surface area contributed by atoms with Gasteiger partial charge in [-0.15, -0.1) is 0 Å². The lowest BCUT2D eigenvalue weighted by molar-refractivity contribution is -0.917. The number of nitrogens with zero attached hydrogens (tertiary/aromatic N) is 1. The monoisotopic (exact) mass is 1080 g/mol. The fourth-order valence-corrected chi connectivity index (χ4v) is 14.5. The molecule has 5 N–H and O–H groups in total. The number of quaternary nitrogens is 1. The zero-order valence-electron chi connectivity index (χ0n) is 44.8. The molecule has 4 saturated carbocycles. The number of Topliss-reactive ketones (excluding diaryl/α,β-unsaturated/α-hetero) is 1. The normalized spacial score (nSPS) is 30.3. The maximum Gasteiger partial charge on any atom is 0.524 e. The van der Waals surface area contributed by atoms with E-state index in [0.29, 0.717) is 24.1 Å². The topological polar surface area (TPSA) is 207 Å². The summed E-state index contributed by atoms with van der Waals surface area (Å²) in [5.74, 6) is -1.17. The molecule has 15 nitrogen and oxygen atoms in total. The number of halogens is 1. The Morgan fingerprint density at radius 3 is 2.41 bits per heavy atom. The van der Waals surface area contributed by atoms with Crippen LogP contribution in [0.4, 0.5) is 0 Å². The number of aryl methyl sites for hydroxylation is 1. The molecule has 0 radical (unpaired) electrons. The van der Waals surface area contributed by atoms with Crippen LogP contribution in [0.15, 0.2) is 72.3 Å². The Kier molecular flexibility index (Phi) is 20.0. The average molecular weight is 1080 g/mol. The van der Waals surface area contributed by atoms with Gasteiger partial charge in [-0.1, -0.05) is 94.0 Å².